The van der Waals surface area contributed by atoms with E-state index in [1.807, 2.05) is 25.1 Å². The van der Waals surface area contributed by atoms with Crippen molar-refractivity contribution in [3.8, 4) is 5.75 Å². The first-order valence-electron chi connectivity index (χ1n) is 11.7. The first-order valence-corrected chi connectivity index (χ1v) is 13.1. The molecule has 34 heavy (non-hydrogen) atoms. The zero-order valence-corrected chi connectivity index (χ0v) is 20.5. The summed E-state index contributed by atoms with van der Waals surface area (Å²) < 4.78 is 32.9. The number of hydrogen-bond donors (Lipinski definition) is 0. The highest BCUT2D eigenvalue weighted by Gasteiger charge is 2.34. The lowest BCUT2D eigenvalue weighted by atomic mass is 9.90. The van der Waals surface area contributed by atoms with Crippen molar-refractivity contribution in [2.24, 2.45) is 0 Å². The predicted molar refractivity (Wildman–Crippen MR) is 128 cm³/mol. The number of amides is 2. The van der Waals surface area contributed by atoms with Crippen LogP contribution in [0.1, 0.15) is 37.4 Å². The molecular formula is C25H31N3O5S. The largest absolute Gasteiger partial charge is 0.494 e. The number of ether oxygens (including phenoxy) is 1. The molecule has 4 rings (SSSR count). The Morgan fingerprint density at radius 2 is 1.65 bits per heavy atom. The van der Waals surface area contributed by atoms with Crippen LogP contribution in [0.25, 0.3) is 0 Å². The fourth-order valence-electron chi connectivity index (χ4n) is 4.74. The van der Waals surface area contributed by atoms with E-state index in [4.69, 9.17) is 4.74 Å². The van der Waals surface area contributed by atoms with Crippen LogP contribution in [0.2, 0.25) is 0 Å². The maximum absolute atomic E-state index is 13.2. The Balaban J connectivity index is 1.41. The molecule has 0 aromatic heterocycles. The number of benzene rings is 2. The van der Waals surface area contributed by atoms with E-state index < -0.39 is 10.0 Å². The fourth-order valence-corrected chi connectivity index (χ4v) is 6.17. The summed E-state index contributed by atoms with van der Waals surface area (Å²) in [6, 6.07) is 14.1. The summed E-state index contributed by atoms with van der Waals surface area (Å²) in [5, 5.41) is 0. The van der Waals surface area contributed by atoms with E-state index in [0.29, 0.717) is 32.0 Å². The minimum atomic E-state index is -3.64. The Kier molecular flexibility index (Phi) is 7.23. The number of fused-ring (bicyclic) bond motifs is 1. The summed E-state index contributed by atoms with van der Waals surface area (Å²) >= 11 is 0. The fraction of sp³-hybridized carbons (Fsp3) is 0.440. The van der Waals surface area contributed by atoms with Crippen LogP contribution in [0, 0.1) is 0 Å². The van der Waals surface area contributed by atoms with Crippen LogP contribution in [-0.2, 0) is 26.0 Å². The summed E-state index contributed by atoms with van der Waals surface area (Å²) in [6.07, 6.45) is 0.977. The lowest BCUT2D eigenvalue weighted by Gasteiger charge is -2.39. The topological polar surface area (TPSA) is 87.2 Å². The van der Waals surface area contributed by atoms with E-state index in [9.17, 15) is 18.0 Å². The Labute approximate surface area is 201 Å². The van der Waals surface area contributed by atoms with E-state index in [2.05, 4.69) is 6.07 Å². The molecule has 2 aliphatic rings. The lowest BCUT2D eigenvalue weighted by Crippen LogP contribution is -2.51. The summed E-state index contributed by atoms with van der Waals surface area (Å²) in [7, 11) is -3.64. The van der Waals surface area contributed by atoms with Crippen LogP contribution in [0.5, 0.6) is 5.75 Å². The SMILES string of the molecule is CCOc1ccc(S(=O)(=O)N2CCN(C(=O)CC3c4ccccc4CCN3C(C)=O)CC2)cc1. The number of hydrogen-bond acceptors (Lipinski definition) is 5. The molecule has 2 aromatic rings. The maximum atomic E-state index is 13.2. The molecular weight excluding hydrogens is 454 g/mol. The van der Waals surface area contributed by atoms with Crippen molar-refractivity contribution in [3.63, 3.8) is 0 Å². The van der Waals surface area contributed by atoms with Crippen LogP contribution in [-0.4, -0.2) is 73.7 Å². The zero-order chi connectivity index (χ0) is 24.3. The first-order chi connectivity index (χ1) is 16.3. The van der Waals surface area contributed by atoms with Gasteiger partial charge in [-0.25, -0.2) is 8.42 Å². The molecule has 2 amide bonds. The van der Waals surface area contributed by atoms with Gasteiger partial charge in [-0.1, -0.05) is 24.3 Å². The molecule has 1 saturated heterocycles. The molecule has 0 saturated carbocycles. The third-order valence-corrected chi connectivity index (χ3v) is 8.46. The smallest absolute Gasteiger partial charge is 0.243 e. The summed E-state index contributed by atoms with van der Waals surface area (Å²) in [5.41, 5.74) is 2.19. The molecule has 9 heteroatoms. The number of carbonyl (C=O) groups is 2. The Bertz CT molecular complexity index is 1140. The van der Waals surface area contributed by atoms with E-state index in [0.717, 1.165) is 12.0 Å². The number of carbonyl (C=O) groups excluding carboxylic acids is 2. The molecule has 0 spiro atoms. The average molecular weight is 486 g/mol. The van der Waals surface area contributed by atoms with Crippen molar-refractivity contribution < 1.29 is 22.7 Å². The van der Waals surface area contributed by atoms with Crippen molar-refractivity contribution in [3.05, 3.63) is 59.7 Å². The zero-order valence-electron chi connectivity index (χ0n) is 19.6. The van der Waals surface area contributed by atoms with Gasteiger partial charge in [-0.3, -0.25) is 9.59 Å². The highest BCUT2D eigenvalue weighted by molar-refractivity contribution is 7.89. The normalized spacial score (nSPS) is 18.9. The van der Waals surface area contributed by atoms with Gasteiger partial charge < -0.3 is 14.5 Å². The molecule has 1 fully saturated rings. The van der Waals surface area contributed by atoms with Gasteiger partial charge in [0.2, 0.25) is 21.8 Å². The molecule has 2 aliphatic heterocycles. The first kappa shape index (κ1) is 24.2. The molecule has 2 aromatic carbocycles. The van der Waals surface area contributed by atoms with Crippen molar-refractivity contribution in [1.82, 2.24) is 14.1 Å². The van der Waals surface area contributed by atoms with Gasteiger partial charge in [-0.05, 0) is 48.7 Å². The summed E-state index contributed by atoms with van der Waals surface area (Å²) in [4.78, 5) is 29.1. The van der Waals surface area contributed by atoms with Gasteiger partial charge in [0.1, 0.15) is 5.75 Å². The second kappa shape index (κ2) is 10.1. The maximum Gasteiger partial charge on any atom is 0.243 e. The highest BCUT2D eigenvalue weighted by atomic mass is 32.2. The number of sulfonamides is 1. The van der Waals surface area contributed by atoms with Crippen molar-refractivity contribution in [1.29, 1.82) is 0 Å². The summed E-state index contributed by atoms with van der Waals surface area (Å²) in [6.45, 7) is 5.63. The van der Waals surface area contributed by atoms with Gasteiger partial charge in [0, 0.05) is 39.6 Å². The van der Waals surface area contributed by atoms with Gasteiger partial charge >= 0.3 is 0 Å². The van der Waals surface area contributed by atoms with Crippen LogP contribution in [0.4, 0.5) is 0 Å². The molecule has 2 heterocycles. The minimum absolute atomic E-state index is 0.0430. The molecule has 0 bridgehead atoms. The Hall–Kier alpha value is -2.91. The van der Waals surface area contributed by atoms with Gasteiger partial charge in [0.15, 0.2) is 0 Å². The second-order valence-corrected chi connectivity index (χ2v) is 10.5. The van der Waals surface area contributed by atoms with E-state index in [1.54, 1.807) is 34.1 Å². The number of nitrogens with zero attached hydrogens (tertiary/aromatic N) is 3. The van der Waals surface area contributed by atoms with Crippen LogP contribution in [0.3, 0.4) is 0 Å². The minimum Gasteiger partial charge on any atom is -0.494 e. The monoisotopic (exact) mass is 485 g/mol. The molecule has 8 nitrogen and oxygen atoms in total. The van der Waals surface area contributed by atoms with Crippen molar-refractivity contribution >= 4 is 21.8 Å². The van der Waals surface area contributed by atoms with Crippen LogP contribution >= 0.6 is 0 Å². The number of rotatable bonds is 6. The van der Waals surface area contributed by atoms with E-state index in [1.165, 1.54) is 16.8 Å². The van der Waals surface area contributed by atoms with E-state index in [-0.39, 0.29) is 42.3 Å². The van der Waals surface area contributed by atoms with Gasteiger partial charge in [0.05, 0.1) is 24.0 Å². The molecule has 182 valence electrons. The predicted octanol–water partition coefficient (Wildman–Crippen LogP) is 2.45. The third-order valence-electron chi connectivity index (χ3n) is 6.55. The van der Waals surface area contributed by atoms with Crippen LogP contribution < -0.4 is 4.74 Å². The van der Waals surface area contributed by atoms with E-state index >= 15 is 0 Å². The second-order valence-electron chi connectivity index (χ2n) is 8.57. The number of piperazine rings is 1. The van der Waals surface area contributed by atoms with Gasteiger partial charge in [-0.2, -0.15) is 4.31 Å². The molecule has 0 N–H and O–H groups in total. The Morgan fingerprint density at radius 1 is 0.971 bits per heavy atom. The van der Waals surface area contributed by atoms with Gasteiger partial charge in [-0.15, -0.1) is 0 Å². The van der Waals surface area contributed by atoms with Crippen LogP contribution in [0.15, 0.2) is 53.4 Å². The average Bonchev–Trinajstić information content (AvgIpc) is 2.84. The molecule has 1 unspecified atom stereocenters. The lowest BCUT2D eigenvalue weighted by molar-refractivity contribution is -0.137. The highest BCUT2D eigenvalue weighted by Crippen LogP contribution is 2.33. The molecule has 0 aliphatic carbocycles. The third kappa shape index (κ3) is 4.95. The molecule has 0 radical (unpaired) electrons. The standard InChI is InChI=1S/C25H31N3O5S/c1-3-33-21-8-10-22(11-9-21)34(31,32)27-16-14-26(15-17-27)25(30)18-24-23-7-5-4-6-20(23)12-13-28(24)19(2)29/h4-11,24H,3,12-18H2,1-2H3. The quantitative estimate of drug-likeness (QED) is 0.627. The van der Waals surface area contributed by atoms with Crippen molar-refractivity contribution in [2.45, 2.75) is 37.6 Å². The van der Waals surface area contributed by atoms with Crippen molar-refractivity contribution in [2.75, 3.05) is 39.3 Å². The summed E-state index contributed by atoms with van der Waals surface area (Å²) in [5.74, 6) is 0.519. The van der Waals surface area contributed by atoms with Gasteiger partial charge in [0.25, 0.3) is 0 Å². The molecule has 1 atom stereocenters. The Morgan fingerprint density at radius 3 is 2.29 bits per heavy atom.